The molecule has 0 bridgehead atoms. The zero-order chi connectivity index (χ0) is 33.6. The molecule has 0 aliphatic carbocycles. The summed E-state index contributed by atoms with van der Waals surface area (Å²) in [6.45, 7) is 9.12. The first kappa shape index (κ1) is 33.8. The SMILES string of the molecule is Cc1cc(C)c(-c2ccc(NC(=O)[C@H](Cc3ccc(C(=O)NCCS(=O)(=O)O)cc3)c3ccc(N4CCOCC4)cc3)cc2)c(C)c1. The highest BCUT2D eigenvalue weighted by Crippen LogP contribution is 2.31. The molecule has 1 atom stereocenters. The second-order valence-electron chi connectivity index (χ2n) is 12.0. The average Bonchev–Trinajstić information content (AvgIpc) is 3.04. The molecule has 9 nitrogen and oxygen atoms in total. The second kappa shape index (κ2) is 14.9. The Labute approximate surface area is 276 Å². The van der Waals surface area contributed by atoms with Gasteiger partial charge in [-0.2, -0.15) is 8.42 Å². The number of hydrogen-bond acceptors (Lipinski definition) is 6. The molecule has 1 saturated heterocycles. The lowest BCUT2D eigenvalue weighted by Gasteiger charge is -2.29. The summed E-state index contributed by atoms with van der Waals surface area (Å²) in [4.78, 5) is 28.6. The molecule has 0 unspecified atom stereocenters. The van der Waals surface area contributed by atoms with E-state index in [2.05, 4.69) is 48.4 Å². The van der Waals surface area contributed by atoms with Crippen LogP contribution in [0.3, 0.4) is 0 Å². The van der Waals surface area contributed by atoms with E-state index in [4.69, 9.17) is 9.29 Å². The highest BCUT2D eigenvalue weighted by molar-refractivity contribution is 7.85. The van der Waals surface area contributed by atoms with E-state index in [1.807, 2.05) is 48.5 Å². The van der Waals surface area contributed by atoms with Crippen molar-refractivity contribution in [3.05, 3.63) is 118 Å². The first-order chi connectivity index (χ1) is 22.5. The Bertz CT molecular complexity index is 1790. The Morgan fingerprint density at radius 1 is 0.872 bits per heavy atom. The quantitative estimate of drug-likeness (QED) is 0.177. The standard InChI is InChI=1S/C37H41N3O6S/c1-25-22-26(2)35(27(3)23-25)30-8-12-32(13-9-30)39-37(42)34(29-10-14-33(15-11-29)40-17-19-46-20-18-40)24-28-4-6-31(7-5-28)36(41)38-16-21-47(43,44)45/h4-15,22-23,34H,16-21,24H2,1-3H3,(H,38,41)(H,39,42)(H,43,44,45)/t34-/m1/s1. The largest absolute Gasteiger partial charge is 0.378 e. The summed E-state index contributed by atoms with van der Waals surface area (Å²) in [6.07, 6.45) is 0.396. The molecule has 1 aliphatic heterocycles. The molecule has 0 spiro atoms. The number of nitrogens with one attached hydrogen (secondary N) is 2. The number of amides is 2. The first-order valence-corrected chi connectivity index (χ1v) is 17.3. The monoisotopic (exact) mass is 655 g/mol. The topological polar surface area (TPSA) is 125 Å². The van der Waals surface area contributed by atoms with Crippen LogP contribution < -0.4 is 15.5 Å². The van der Waals surface area contributed by atoms with E-state index < -0.39 is 27.7 Å². The highest BCUT2D eigenvalue weighted by Gasteiger charge is 2.23. The van der Waals surface area contributed by atoms with Gasteiger partial charge in [-0.1, -0.05) is 54.1 Å². The molecule has 47 heavy (non-hydrogen) atoms. The van der Waals surface area contributed by atoms with Crippen LogP contribution in [-0.4, -0.2) is 63.4 Å². The third-order valence-electron chi connectivity index (χ3n) is 8.41. The van der Waals surface area contributed by atoms with Crippen LogP contribution >= 0.6 is 0 Å². The van der Waals surface area contributed by atoms with Gasteiger partial charge in [0.1, 0.15) is 0 Å². The summed E-state index contributed by atoms with van der Waals surface area (Å²) in [6, 6.07) is 27.2. The zero-order valence-corrected chi connectivity index (χ0v) is 27.8. The molecule has 5 rings (SSSR count). The van der Waals surface area contributed by atoms with Gasteiger partial charge in [0.25, 0.3) is 16.0 Å². The minimum atomic E-state index is -4.17. The third-order valence-corrected chi connectivity index (χ3v) is 9.13. The molecule has 246 valence electrons. The molecule has 1 heterocycles. The maximum Gasteiger partial charge on any atom is 0.266 e. The number of carbonyl (C=O) groups is 2. The van der Waals surface area contributed by atoms with Crippen molar-refractivity contribution in [3.8, 4) is 11.1 Å². The number of ether oxygens (including phenoxy) is 1. The van der Waals surface area contributed by atoms with Crippen molar-refractivity contribution in [2.75, 3.05) is 48.8 Å². The Kier molecular flexibility index (Phi) is 10.8. The van der Waals surface area contributed by atoms with E-state index in [1.165, 1.54) is 22.3 Å². The number of rotatable bonds is 11. The normalized spacial score (nSPS) is 14.0. The van der Waals surface area contributed by atoms with Gasteiger partial charge in [0.15, 0.2) is 0 Å². The summed E-state index contributed by atoms with van der Waals surface area (Å²) < 4.78 is 36.3. The van der Waals surface area contributed by atoms with Crippen molar-refractivity contribution in [3.63, 3.8) is 0 Å². The van der Waals surface area contributed by atoms with E-state index in [0.29, 0.717) is 30.9 Å². The first-order valence-electron chi connectivity index (χ1n) is 15.7. The van der Waals surface area contributed by atoms with Crippen LogP contribution in [0.15, 0.2) is 84.9 Å². The molecule has 4 aromatic carbocycles. The van der Waals surface area contributed by atoms with E-state index in [9.17, 15) is 18.0 Å². The summed E-state index contributed by atoms with van der Waals surface area (Å²) >= 11 is 0. The van der Waals surface area contributed by atoms with Crippen LogP contribution in [0.25, 0.3) is 11.1 Å². The number of nitrogens with zero attached hydrogens (tertiary/aromatic N) is 1. The van der Waals surface area contributed by atoms with Gasteiger partial charge in [0, 0.05) is 36.6 Å². The Morgan fingerprint density at radius 2 is 1.49 bits per heavy atom. The van der Waals surface area contributed by atoms with Crippen molar-refractivity contribution < 1.29 is 27.3 Å². The molecular formula is C37H41N3O6S. The van der Waals surface area contributed by atoms with Crippen LogP contribution in [0.2, 0.25) is 0 Å². The van der Waals surface area contributed by atoms with Crippen LogP contribution in [0.5, 0.6) is 0 Å². The molecule has 4 aromatic rings. The van der Waals surface area contributed by atoms with Crippen molar-refractivity contribution in [1.29, 1.82) is 0 Å². The van der Waals surface area contributed by atoms with Crippen molar-refractivity contribution in [2.45, 2.75) is 33.1 Å². The van der Waals surface area contributed by atoms with E-state index in [-0.39, 0.29) is 12.5 Å². The van der Waals surface area contributed by atoms with Gasteiger partial charge in [-0.25, -0.2) is 0 Å². The Balaban J connectivity index is 1.34. The van der Waals surface area contributed by atoms with E-state index in [1.54, 1.807) is 24.3 Å². The molecule has 2 amide bonds. The molecular weight excluding hydrogens is 614 g/mol. The van der Waals surface area contributed by atoms with Crippen LogP contribution in [0, 0.1) is 20.8 Å². The van der Waals surface area contributed by atoms with Gasteiger partial charge in [-0.3, -0.25) is 14.1 Å². The van der Waals surface area contributed by atoms with E-state index >= 15 is 0 Å². The number of hydrogen-bond donors (Lipinski definition) is 3. The van der Waals surface area contributed by atoms with Gasteiger partial charge < -0.3 is 20.3 Å². The molecule has 10 heteroatoms. The van der Waals surface area contributed by atoms with Gasteiger partial charge >= 0.3 is 0 Å². The van der Waals surface area contributed by atoms with Gasteiger partial charge in [0.05, 0.1) is 24.9 Å². The minimum Gasteiger partial charge on any atom is -0.378 e. The lowest BCUT2D eigenvalue weighted by molar-refractivity contribution is -0.117. The maximum atomic E-state index is 13.9. The third kappa shape index (κ3) is 9.06. The van der Waals surface area contributed by atoms with Gasteiger partial charge in [0.2, 0.25) is 5.91 Å². The van der Waals surface area contributed by atoms with Crippen LogP contribution in [0.4, 0.5) is 11.4 Å². The molecule has 1 aliphatic rings. The van der Waals surface area contributed by atoms with Crippen molar-refractivity contribution in [2.24, 2.45) is 0 Å². The number of anilines is 2. The molecule has 0 saturated carbocycles. The fraction of sp³-hybridized carbons (Fsp3) is 0.297. The lowest BCUT2D eigenvalue weighted by Crippen LogP contribution is -2.36. The summed E-state index contributed by atoms with van der Waals surface area (Å²) in [5.74, 6) is -1.67. The number of aryl methyl sites for hydroxylation is 3. The summed E-state index contributed by atoms with van der Waals surface area (Å²) in [5, 5.41) is 5.61. The smallest absolute Gasteiger partial charge is 0.266 e. The van der Waals surface area contributed by atoms with Gasteiger partial charge in [-0.05, 0) is 97.0 Å². The lowest BCUT2D eigenvalue weighted by atomic mass is 9.90. The maximum absolute atomic E-state index is 13.9. The molecule has 0 radical (unpaired) electrons. The fourth-order valence-corrected chi connectivity index (χ4v) is 6.47. The average molecular weight is 656 g/mol. The molecule has 3 N–H and O–H groups in total. The second-order valence-corrected chi connectivity index (χ2v) is 13.6. The number of carbonyl (C=O) groups excluding carboxylic acids is 2. The molecule has 0 aromatic heterocycles. The Morgan fingerprint density at radius 3 is 2.09 bits per heavy atom. The number of morpholine rings is 1. The summed E-state index contributed by atoms with van der Waals surface area (Å²) in [5.41, 5.74) is 9.79. The highest BCUT2D eigenvalue weighted by atomic mass is 32.2. The van der Waals surface area contributed by atoms with Crippen LogP contribution in [0.1, 0.15) is 44.1 Å². The van der Waals surface area contributed by atoms with Crippen molar-refractivity contribution >= 4 is 33.3 Å². The summed E-state index contributed by atoms with van der Waals surface area (Å²) in [7, 11) is -4.17. The fourth-order valence-electron chi connectivity index (χ4n) is 6.11. The van der Waals surface area contributed by atoms with Crippen LogP contribution in [-0.2, 0) is 26.1 Å². The zero-order valence-electron chi connectivity index (χ0n) is 27.0. The predicted octanol–water partition coefficient (Wildman–Crippen LogP) is 5.70. The van der Waals surface area contributed by atoms with Gasteiger partial charge in [-0.15, -0.1) is 0 Å². The molecule has 1 fully saturated rings. The minimum absolute atomic E-state index is 0.147. The van der Waals surface area contributed by atoms with E-state index in [0.717, 1.165) is 35.5 Å². The number of benzene rings is 4. The van der Waals surface area contributed by atoms with Crippen molar-refractivity contribution in [1.82, 2.24) is 5.32 Å². The Hall–Kier alpha value is -4.51. The predicted molar refractivity (Wildman–Crippen MR) is 186 cm³/mol.